The van der Waals surface area contributed by atoms with Gasteiger partial charge < -0.3 is 9.67 Å². The molecule has 1 aromatic carbocycles. The second-order valence-electron chi connectivity index (χ2n) is 3.33. The molecule has 15 heavy (non-hydrogen) atoms. The van der Waals surface area contributed by atoms with Crippen LogP contribution in [0.5, 0.6) is 0 Å². The highest BCUT2D eigenvalue weighted by atomic mass is 35.5. The molecule has 80 valence electrons. The number of hydrogen-bond donors (Lipinski definition) is 1. The van der Waals surface area contributed by atoms with Gasteiger partial charge in [0.2, 0.25) is 0 Å². The van der Waals surface area contributed by atoms with Crippen LogP contribution in [0.15, 0.2) is 18.2 Å². The molecule has 0 fully saturated rings. The van der Waals surface area contributed by atoms with Crippen molar-refractivity contribution in [3.63, 3.8) is 0 Å². The molecule has 2 aromatic rings. The van der Waals surface area contributed by atoms with Crippen molar-refractivity contribution in [2.24, 2.45) is 0 Å². The number of fused-ring (bicyclic) bond motifs is 1. The Bertz CT molecular complexity index is 505. The molecule has 0 bridgehead atoms. The van der Waals surface area contributed by atoms with Crippen LogP contribution in [0.1, 0.15) is 12.5 Å². The van der Waals surface area contributed by atoms with E-state index < -0.39 is 0 Å². The lowest BCUT2D eigenvalue weighted by molar-refractivity contribution is 0.283. The summed E-state index contributed by atoms with van der Waals surface area (Å²) in [6.45, 7) is 2.72. The standard InChI is InChI=1S/C11H11Cl2NO/c1-2-14-10-4-3-7(12)5-8(10)9(6-15)11(14)13/h3-5,15H,2,6H2,1H3. The normalized spacial score (nSPS) is 11.2. The topological polar surface area (TPSA) is 25.2 Å². The van der Waals surface area contributed by atoms with Gasteiger partial charge in [-0.1, -0.05) is 23.2 Å². The van der Waals surface area contributed by atoms with Gasteiger partial charge in [-0.3, -0.25) is 0 Å². The molecule has 4 heteroatoms. The number of hydrogen-bond acceptors (Lipinski definition) is 1. The number of halogens is 2. The summed E-state index contributed by atoms with van der Waals surface area (Å²) in [5.74, 6) is 0. The van der Waals surface area contributed by atoms with Gasteiger partial charge in [0.15, 0.2) is 0 Å². The minimum absolute atomic E-state index is 0.0668. The summed E-state index contributed by atoms with van der Waals surface area (Å²) >= 11 is 12.1. The van der Waals surface area contributed by atoms with Crippen LogP contribution in [0.25, 0.3) is 10.9 Å². The Morgan fingerprint density at radius 1 is 1.33 bits per heavy atom. The van der Waals surface area contributed by atoms with Gasteiger partial charge in [0.05, 0.1) is 6.61 Å². The van der Waals surface area contributed by atoms with Crippen molar-refractivity contribution < 1.29 is 5.11 Å². The third kappa shape index (κ3) is 1.63. The van der Waals surface area contributed by atoms with Crippen LogP contribution in [0.2, 0.25) is 10.2 Å². The molecule has 0 aliphatic rings. The van der Waals surface area contributed by atoms with Crippen molar-refractivity contribution in [2.45, 2.75) is 20.1 Å². The lowest BCUT2D eigenvalue weighted by atomic mass is 10.2. The smallest absolute Gasteiger partial charge is 0.115 e. The molecule has 2 rings (SSSR count). The summed E-state index contributed by atoms with van der Waals surface area (Å²) < 4.78 is 1.96. The van der Waals surface area contributed by atoms with E-state index in [4.69, 9.17) is 23.2 Å². The lowest BCUT2D eigenvalue weighted by Crippen LogP contribution is -1.93. The van der Waals surface area contributed by atoms with Crippen molar-refractivity contribution in [2.75, 3.05) is 0 Å². The Balaban J connectivity index is 2.85. The minimum atomic E-state index is -0.0668. The van der Waals surface area contributed by atoms with Crippen molar-refractivity contribution in [3.05, 3.63) is 33.9 Å². The van der Waals surface area contributed by atoms with E-state index in [0.29, 0.717) is 10.2 Å². The number of aliphatic hydroxyl groups excluding tert-OH is 1. The van der Waals surface area contributed by atoms with Crippen LogP contribution >= 0.6 is 23.2 Å². The quantitative estimate of drug-likeness (QED) is 0.859. The first-order valence-electron chi connectivity index (χ1n) is 4.76. The molecule has 1 heterocycles. The fourth-order valence-electron chi connectivity index (χ4n) is 1.82. The first kappa shape index (κ1) is 10.8. The van der Waals surface area contributed by atoms with E-state index >= 15 is 0 Å². The summed E-state index contributed by atoms with van der Waals surface area (Å²) in [5, 5.41) is 11.5. The van der Waals surface area contributed by atoms with Crippen molar-refractivity contribution in [1.82, 2.24) is 4.57 Å². The number of benzene rings is 1. The maximum absolute atomic E-state index is 9.28. The summed E-state index contributed by atoms with van der Waals surface area (Å²) in [5.41, 5.74) is 1.76. The van der Waals surface area contributed by atoms with Crippen LogP contribution in [0.4, 0.5) is 0 Å². The molecule has 0 aliphatic carbocycles. The largest absolute Gasteiger partial charge is 0.392 e. The average Bonchev–Trinajstić information content (AvgIpc) is 2.48. The summed E-state index contributed by atoms with van der Waals surface area (Å²) in [7, 11) is 0. The zero-order valence-corrected chi connectivity index (χ0v) is 9.81. The molecule has 2 nitrogen and oxygen atoms in total. The highest BCUT2D eigenvalue weighted by molar-refractivity contribution is 6.33. The van der Waals surface area contributed by atoms with E-state index in [1.807, 2.05) is 29.7 Å². The van der Waals surface area contributed by atoms with Gasteiger partial charge in [-0.25, -0.2) is 0 Å². The molecule has 0 amide bonds. The first-order chi connectivity index (χ1) is 7.19. The highest BCUT2D eigenvalue weighted by Crippen LogP contribution is 2.31. The molecular weight excluding hydrogens is 233 g/mol. The van der Waals surface area contributed by atoms with Crippen molar-refractivity contribution in [3.8, 4) is 0 Å². The van der Waals surface area contributed by atoms with Gasteiger partial charge in [-0.05, 0) is 25.1 Å². The van der Waals surface area contributed by atoms with Gasteiger partial charge in [0.1, 0.15) is 5.15 Å². The lowest BCUT2D eigenvalue weighted by Gasteiger charge is -2.01. The summed E-state index contributed by atoms with van der Waals surface area (Å²) in [6.07, 6.45) is 0. The van der Waals surface area contributed by atoms with Crippen LogP contribution in [0, 0.1) is 0 Å². The predicted molar refractivity (Wildman–Crippen MR) is 63.6 cm³/mol. The Hall–Kier alpha value is -0.700. The molecule has 0 unspecified atom stereocenters. The van der Waals surface area contributed by atoms with Crippen LogP contribution in [-0.2, 0) is 13.2 Å². The van der Waals surface area contributed by atoms with Gasteiger partial charge in [0, 0.05) is 28.0 Å². The third-order valence-electron chi connectivity index (χ3n) is 2.53. The maximum Gasteiger partial charge on any atom is 0.115 e. The van der Waals surface area contributed by atoms with E-state index in [1.54, 1.807) is 0 Å². The molecule has 0 spiro atoms. The summed E-state index contributed by atoms with van der Waals surface area (Å²) in [6, 6.07) is 5.58. The zero-order valence-electron chi connectivity index (χ0n) is 8.30. The molecule has 0 aliphatic heterocycles. The molecule has 0 atom stereocenters. The number of nitrogens with zero attached hydrogens (tertiary/aromatic N) is 1. The van der Waals surface area contributed by atoms with Crippen LogP contribution in [0.3, 0.4) is 0 Å². The molecular formula is C11H11Cl2NO. The van der Waals surface area contributed by atoms with E-state index in [1.165, 1.54) is 0 Å². The second-order valence-corrected chi connectivity index (χ2v) is 4.13. The number of aromatic nitrogens is 1. The monoisotopic (exact) mass is 243 g/mol. The Kier molecular flexibility index (Phi) is 2.91. The molecule has 1 aromatic heterocycles. The highest BCUT2D eigenvalue weighted by Gasteiger charge is 2.13. The van der Waals surface area contributed by atoms with Crippen LogP contribution < -0.4 is 0 Å². The van der Waals surface area contributed by atoms with E-state index in [-0.39, 0.29) is 6.61 Å². The Morgan fingerprint density at radius 2 is 2.07 bits per heavy atom. The maximum atomic E-state index is 9.28. The molecule has 0 radical (unpaired) electrons. The van der Waals surface area contributed by atoms with Crippen LogP contribution in [-0.4, -0.2) is 9.67 Å². The zero-order chi connectivity index (χ0) is 11.0. The van der Waals surface area contributed by atoms with Gasteiger partial charge in [-0.15, -0.1) is 0 Å². The van der Waals surface area contributed by atoms with Gasteiger partial charge >= 0.3 is 0 Å². The number of aliphatic hydroxyl groups is 1. The molecule has 0 saturated heterocycles. The second kappa shape index (κ2) is 4.05. The van der Waals surface area contributed by atoms with E-state index in [9.17, 15) is 5.11 Å². The third-order valence-corrected chi connectivity index (χ3v) is 3.20. The van der Waals surface area contributed by atoms with E-state index in [2.05, 4.69) is 0 Å². The van der Waals surface area contributed by atoms with Gasteiger partial charge in [0.25, 0.3) is 0 Å². The van der Waals surface area contributed by atoms with Gasteiger partial charge in [-0.2, -0.15) is 0 Å². The predicted octanol–water partition coefficient (Wildman–Crippen LogP) is 3.46. The average molecular weight is 244 g/mol. The fourth-order valence-corrected chi connectivity index (χ4v) is 2.37. The number of rotatable bonds is 2. The SMILES string of the molecule is CCn1c(Cl)c(CO)c2cc(Cl)ccc21. The first-order valence-corrected chi connectivity index (χ1v) is 5.51. The molecule has 0 saturated carbocycles. The van der Waals surface area contributed by atoms with E-state index in [0.717, 1.165) is 23.0 Å². The summed E-state index contributed by atoms with van der Waals surface area (Å²) in [4.78, 5) is 0. The van der Waals surface area contributed by atoms with Crippen molar-refractivity contribution in [1.29, 1.82) is 0 Å². The van der Waals surface area contributed by atoms with Crippen molar-refractivity contribution >= 4 is 34.1 Å². The minimum Gasteiger partial charge on any atom is -0.392 e. The Labute approximate surface area is 98.0 Å². The fraction of sp³-hybridized carbons (Fsp3) is 0.273. The number of aryl methyl sites for hydroxylation is 1. The Morgan fingerprint density at radius 3 is 2.67 bits per heavy atom. The molecule has 1 N–H and O–H groups in total.